The fourth-order valence-corrected chi connectivity index (χ4v) is 4.72. The number of carboxylic acids is 1. The van der Waals surface area contributed by atoms with Crippen LogP contribution in [0.2, 0.25) is 5.02 Å². The number of hydrogen-bond donors (Lipinski definition) is 1. The first kappa shape index (κ1) is 21.9. The van der Waals surface area contributed by atoms with Gasteiger partial charge in [0.05, 0.1) is 12.1 Å². The van der Waals surface area contributed by atoms with Crippen LogP contribution in [0.1, 0.15) is 36.1 Å². The maximum atomic E-state index is 11.2. The molecule has 3 aromatic rings. The summed E-state index contributed by atoms with van der Waals surface area (Å²) in [4.78, 5) is 22.9. The van der Waals surface area contributed by atoms with E-state index in [0.29, 0.717) is 17.5 Å². The van der Waals surface area contributed by atoms with Gasteiger partial charge in [-0.15, -0.1) is 0 Å². The summed E-state index contributed by atoms with van der Waals surface area (Å²) >= 11 is 6.03. The minimum absolute atomic E-state index is 0.0271. The second-order valence-electron chi connectivity index (χ2n) is 9.14. The highest BCUT2D eigenvalue weighted by molar-refractivity contribution is 6.30. The third kappa shape index (κ3) is 5.34. The quantitative estimate of drug-likeness (QED) is 0.507. The zero-order valence-electron chi connectivity index (χ0n) is 18.3. The lowest BCUT2D eigenvalue weighted by Crippen LogP contribution is -2.36. The van der Waals surface area contributed by atoms with Crippen LogP contribution in [0.4, 0.5) is 0 Å². The molecule has 0 unspecified atom stereocenters. The van der Waals surface area contributed by atoms with Crippen molar-refractivity contribution in [3.8, 4) is 17.1 Å². The Kier molecular flexibility index (Phi) is 6.04. The van der Waals surface area contributed by atoms with Crippen LogP contribution in [0.15, 0.2) is 54.7 Å². The van der Waals surface area contributed by atoms with Crippen LogP contribution in [-0.4, -0.2) is 39.0 Å². The van der Waals surface area contributed by atoms with Gasteiger partial charge >= 0.3 is 5.97 Å². The van der Waals surface area contributed by atoms with Gasteiger partial charge in [0.15, 0.2) is 5.82 Å². The molecule has 5 rings (SSSR count). The van der Waals surface area contributed by atoms with Crippen LogP contribution in [0.3, 0.4) is 0 Å². The molecule has 0 bridgehead atoms. The maximum absolute atomic E-state index is 11.2. The van der Waals surface area contributed by atoms with Crippen molar-refractivity contribution in [3.63, 3.8) is 0 Å². The predicted octanol–water partition coefficient (Wildman–Crippen LogP) is 4.99. The first-order valence-corrected chi connectivity index (χ1v) is 11.6. The molecule has 1 fully saturated rings. The molecule has 7 heteroatoms. The van der Waals surface area contributed by atoms with Gasteiger partial charge in [0, 0.05) is 48.4 Å². The van der Waals surface area contributed by atoms with Gasteiger partial charge < -0.3 is 9.84 Å². The molecule has 0 saturated heterocycles. The number of carboxylic acid groups (broad SMARTS) is 1. The second-order valence-corrected chi connectivity index (χ2v) is 9.58. The number of fused-ring (bicyclic) bond motifs is 1. The number of rotatable bonds is 8. The zero-order chi connectivity index (χ0) is 22.8. The Morgan fingerprint density at radius 3 is 2.73 bits per heavy atom. The Bertz CT molecular complexity index is 1160. The molecule has 2 aliphatic rings. The number of halogens is 1. The predicted molar refractivity (Wildman–Crippen MR) is 126 cm³/mol. The number of hydrogen-bond acceptors (Lipinski definition) is 5. The van der Waals surface area contributed by atoms with Crippen LogP contribution in [0.5, 0.6) is 5.75 Å². The average molecular weight is 464 g/mol. The SMILES string of the molecule is O=C(O)CC1(CN2CCc3nc(-c4ccc(OCc5cccc(Cl)c5)cc4)ncc3C2)CC1. The van der Waals surface area contributed by atoms with Gasteiger partial charge in [-0.05, 0) is 60.2 Å². The fraction of sp³-hybridized carbons (Fsp3) is 0.346. The number of benzene rings is 2. The number of carbonyl (C=O) groups is 1. The Labute approximate surface area is 198 Å². The number of aliphatic carboxylic acids is 1. The molecule has 0 radical (unpaired) electrons. The molecule has 2 heterocycles. The lowest BCUT2D eigenvalue weighted by Gasteiger charge is -2.31. The molecule has 1 N–H and O–H groups in total. The highest BCUT2D eigenvalue weighted by Gasteiger charge is 2.45. The zero-order valence-corrected chi connectivity index (χ0v) is 19.1. The van der Waals surface area contributed by atoms with Gasteiger partial charge in [-0.2, -0.15) is 0 Å². The van der Waals surface area contributed by atoms with E-state index in [4.69, 9.17) is 21.3 Å². The molecule has 0 atom stereocenters. The third-order valence-electron chi connectivity index (χ3n) is 6.46. The number of aromatic nitrogens is 2. The van der Waals surface area contributed by atoms with Crippen molar-refractivity contribution in [1.29, 1.82) is 0 Å². The molecule has 2 aromatic carbocycles. The van der Waals surface area contributed by atoms with Crippen molar-refractivity contribution in [1.82, 2.24) is 14.9 Å². The largest absolute Gasteiger partial charge is 0.489 e. The molecule has 1 aromatic heterocycles. The van der Waals surface area contributed by atoms with Gasteiger partial charge in [0.1, 0.15) is 12.4 Å². The molecule has 33 heavy (non-hydrogen) atoms. The standard InChI is InChI=1S/C26H26ClN3O3/c27-21-3-1-2-18(12-21)16-33-22-6-4-19(5-7-22)25-28-14-20-15-30(11-8-23(20)29-25)17-26(9-10-26)13-24(31)32/h1-7,12,14H,8-11,13,15-17H2,(H,31,32). The average Bonchev–Trinajstić information content (AvgIpc) is 3.55. The third-order valence-corrected chi connectivity index (χ3v) is 6.70. The maximum Gasteiger partial charge on any atom is 0.303 e. The van der Waals surface area contributed by atoms with Gasteiger partial charge in [0.2, 0.25) is 0 Å². The van der Waals surface area contributed by atoms with Crippen molar-refractivity contribution < 1.29 is 14.6 Å². The summed E-state index contributed by atoms with van der Waals surface area (Å²) in [7, 11) is 0. The van der Waals surface area contributed by atoms with Crippen LogP contribution >= 0.6 is 11.6 Å². The van der Waals surface area contributed by atoms with Crippen molar-refractivity contribution >= 4 is 17.6 Å². The van der Waals surface area contributed by atoms with Crippen LogP contribution in [0, 0.1) is 5.41 Å². The topological polar surface area (TPSA) is 75.5 Å². The summed E-state index contributed by atoms with van der Waals surface area (Å²) in [6, 6.07) is 15.5. The van der Waals surface area contributed by atoms with Gasteiger partial charge in [-0.1, -0.05) is 23.7 Å². The summed E-state index contributed by atoms with van der Waals surface area (Å²) in [5.41, 5.74) is 4.17. The van der Waals surface area contributed by atoms with Gasteiger partial charge in [0.25, 0.3) is 0 Å². The molecule has 6 nitrogen and oxygen atoms in total. The summed E-state index contributed by atoms with van der Waals surface area (Å²) in [5.74, 6) is 0.801. The van der Waals surface area contributed by atoms with Gasteiger partial charge in [-0.25, -0.2) is 9.97 Å². The Morgan fingerprint density at radius 1 is 1.18 bits per heavy atom. The summed E-state index contributed by atoms with van der Waals surface area (Å²) in [6.45, 7) is 2.99. The molecular formula is C26H26ClN3O3. The van der Waals surface area contributed by atoms with E-state index in [1.54, 1.807) is 0 Å². The lowest BCUT2D eigenvalue weighted by molar-refractivity contribution is -0.138. The van der Waals surface area contributed by atoms with Crippen molar-refractivity contribution in [2.24, 2.45) is 5.41 Å². The first-order valence-electron chi connectivity index (χ1n) is 11.2. The van der Waals surface area contributed by atoms with Gasteiger partial charge in [-0.3, -0.25) is 9.69 Å². The van der Waals surface area contributed by atoms with E-state index in [1.165, 1.54) is 0 Å². The molecule has 1 aliphatic carbocycles. The lowest BCUT2D eigenvalue weighted by atomic mass is 9.99. The molecule has 1 saturated carbocycles. The van der Waals surface area contributed by atoms with E-state index >= 15 is 0 Å². The van der Waals surface area contributed by atoms with Crippen molar-refractivity contribution in [2.75, 3.05) is 13.1 Å². The minimum Gasteiger partial charge on any atom is -0.489 e. The molecule has 1 aliphatic heterocycles. The smallest absolute Gasteiger partial charge is 0.303 e. The minimum atomic E-state index is -0.696. The summed E-state index contributed by atoms with van der Waals surface area (Å²) in [6.07, 6.45) is 5.07. The van der Waals surface area contributed by atoms with E-state index in [9.17, 15) is 9.90 Å². The summed E-state index contributed by atoms with van der Waals surface area (Å²) < 4.78 is 5.87. The van der Waals surface area contributed by atoms with E-state index in [0.717, 1.165) is 67.0 Å². The highest BCUT2D eigenvalue weighted by atomic mass is 35.5. The van der Waals surface area contributed by atoms with Crippen LogP contribution in [0.25, 0.3) is 11.4 Å². The Morgan fingerprint density at radius 2 is 2.00 bits per heavy atom. The molecule has 0 amide bonds. The normalized spacial score (nSPS) is 16.8. The Hall–Kier alpha value is -2.96. The Balaban J connectivity index is 1.21. The van der Waals surface area contributed by atoms with Crippen LogP contribution < -0.4 is 4.74 Å². The molecule has 0 spiro atoms. The molecular weight excluding hydrogens is 438 g/mol. The van der Waals surface area contributed by atoms with Crippen molar-refractivity contribution in [3.05, 3.63) is 76.6 Å². The van der Waals surface area contributed by atoms with E-state index in [2.05, 4.69) is 9.88 Å². The molecule has 170 valence electrons. The number of ether oxygens (including phenoxy) is 1. The van der Waals surface area contributed by atoms with E-state index in [-0.39, 0.29) is 11.8 Å². The van der Waals surface area contributed by atoms with Crippen molar-refractivity contribution in [2.45, 2.75) is 38.8 Å². The number of nitrogens with zero attached hydrogens (tertiary/aromatic N) is 3. The summed E-state index contributed by atoms with van der Waals surface area (Å²) in [5, 5.41) is 9.87. The highest BCUT2D eigenvalue weighted by Crippen LogP contribution is 2.49. The fourth-order valence-electron chi connectivity index (χ4n) is 4.50. The van der Waals surface area contributed by atoms with E-state index < -0.39 is 5.97 Å². The van der Waals surface area contributed by atoms with E-state index in [1.807, 2.05) is 54.7 Å². The van der Waals surface area contributed by atoms with Crippen LogP contribution in [-0.2, 0) is 24.4 Å². The monoisotopic (exact) mass is 463 g/mol. The first-order chi connectivity index (χ1) is 16.0. The second kappa shape index (κ2) is 9.12.